The third kappa shape index (κ3) is 4.87. The van der Waals surface area contributed by atoms with Crippen LogP contribution in [0.5, 0.6) is 0 Å². The standard InChI is InChI=1S/C19H16Cl2N4O2/c1-12(26)13-4-2-5-14(10-13)22-19(27)23-18-8-9-25(24-18)11-15-16(20)6-3-7-17(15)21/h2-10H,11H2,1H3,(H2,22,23,24,27). The van der Waals surface area contributed by atoms with Gasteiger partial charge < -0.3 is 5.32 Å². The maximum Gasteiger partial charge on any atom is 0.324 e. The molecule has 0 bridgehead atoms. The van der Waals surface area contributed by atoms with Gasteiger partial charge in [0.15, 0.2) is 11.6 Å². The number of nitrogens with zero attached hydrogens (tertiary/aromatic N) is 2. The van der Waals surface area contributed by atoms with E-state index < -0.39 is 6.03 Å². The Bertz CT molecular complexity index is 981. The molecular formula is C19H16Cl2N4O2. The van der Waals surface area contributed by atoms with Gasteiger partial charge in [-0.2, -0.15) is 5.10 Å². The second-order valence-corrected chi connectivity index (χ2v) is 6.63. The average Bonchev–Trinajstić information content (AvgIpc) is 3.05. The Morgan fingerprint density at radius 2 is 1.74 bits per heavy atom. The smallest absolute Gasteiger partial charge is 0.308 e. The van der Waals surface area contributed by atoms with Crippen LogP contribution in [0.4, 0.5) is 16.3 Å². The highest BCUT2D eigenvalue weighted by molar-refractivity contribution is 6.35. The zero-order valence-electron chi connectivity index (χ0n) is 14.4. The van der Waals surface area contributed by atoms with Crippen molar-refractivity contribution < 1.29 is 9.59 Å². The van der Waals surface area contributed by atoms with Crippen molar-refractivity contribution in [2.75, 3.05) is 10.6 Å². The molecule has 0 saturated heterocycles. The van der Waals surface area contributed by atoms with E-state index in [0.717, 1.165) is 5.56 Å². The van der Waals surface area contributed by atoms with Crippen LogP contribution >= 0.6 is 23.2 Å². The number of anilines is 2. The van der Waals surface area contributed by atoms with Crippen molar-refractivity contribution >= 4 is 46.5 Å². The minimum atomic E-state index is -0.461. The summed E-state index contributed by atoms with van der Waals surface area (Å²) in [6.07, 6.45) is 1.71. The fourth-order valence-electron chi connectivity index (χ4n) is 2.46. The number of halogens is 2. The lowest BCUT2D eigenvalue weighted by atomic mass is 10.1. The summed E-state index contributed by atoms with van der Waals surface area (Å²) in [6, 6.07) is 13.2. The van der Waals surface area contributed by atoms with Crippen molar-refractivity contribution in [1.29, 1.82) is 0 Å². The SMILES string of the molecule is CC(=O)c1cccc(NC(=O)Nc2ccn(Cc3c(Cl)cccc3Cl)n2)c1. The maximum atomic E-state index is 12.1. The first kappa shape index (κ1) is 18.9. The van der Waals surface area contributed by atoms with Gasteiger partial charge in [0.25, 0.3) is 0 Å². The number of rotatable bonds is 5. The molecule has 0 aliphatic heterocycles. The Balaban J connectivity index is 1.64. The van der Waals surface area contributed by atoms with Crippen LogP contribution in [0.15, 0.2) is 54.7 Å². The Morgan fingerprint density at radius 3 is 2.44 bits per heavy atom. The van der Waals surface area contributed by atoms with Gasteiger partial charge in [0.05, 0.1) is 6.54 Å². The Kier molecular flexibility index (Phi) is 5.78. The van der Waals surface area contributed by atoms with Crippen molar-refractivity contribution in [3.8, 4) is 0 Å². The first-order valence-corrected chi connectivity index (χ1v) is 8.83. The molecule has 0 spiro atoms. The molecule has 2 aromatic carbocycles. The minimum absolute atomic E-state index is 0.0731. The number of Topliss-reactive ketones (excluding diaryl/α,β-unsaturated/α-hetero) is 1. The van der Waals surface area contributed by atoms with Gasteiger partial charge in [-0.3, -0.25) is 14.8 Å². The van der Waals surface area contributed by atoms with Crippen LogP contribution in [0.2, 0.25) is 10.0 Å². The summed E-state index contributed by atoms with van der Waals surface area (Å²) in [5.74, 6) is 0.300. The lowest BCUT2D eigenvalue weighted by Gasteiger charge is -2.08. The molecule has 0 unspecified atom stereocenters. The van der Waals surface area contributed by atoms with Crippen molar-refractivity contribution in [1.82, 2.24) is 9.78 Å². The normalized spacial score (nSPS) is 10.5. The van der Waals surface area contributed by atoms with Gasteiger partial charge >= 0.3 is 6.03 Å². The number of amides is 2. The van der Waals surface area contributed by atoms with Gasteiger partial charge in [-0.25, -0.2) is 4.79 Å². The van der Waals surface area contributed by atoms with E-state index >= 15 is 0 Å². The van der Waals surface area contributed by atoms with Crippen LogP contribution in [-0.4, -0.2) is 21.6 Å². The molecule has 0 aliphatic rings. The molecule has 27 heavy (non-hydrogen) atoms. The van der Waals surface area contributed by atoms with Crippen LogP contribution in [-0.2, 0) is 6.54 Å². The Hall–Kier alpha value is -2.83. The molecule has 138 valence electrons. The quantitative estimate of drug-likeness (QED) is 0.583. The van der Waals surface area contributed by atoms with Gasteiger partial charge in [0.1, 0.15) is 0 Å². The van der Waals surface area contributed by atoms with Gasteiger partial charge in [0.2, 0.25) is 0 Å². The number of aromatic nitrogens is 2. The highest BCUT2D eigenvalue weighted by Crippen LogP contribution is 2.25. The van der Waals surface area contributed by atoms with Gasteiger partial charge in [0, 0.05) is 39.1 Å². The number of hydrogen-bond donors (Lipinski definition) is 2. The predicted molar refractivity (Wildman–Crippen MR) is 107 cm³/mol. The van der Waals surface area contributed by atoms with Crippen molar-refractivity contribution in [3.63, 3.8) is 0 Å². The molecule has 0 aliphatic carbocycles. The number of urea groups is 1. The minimum Gasteiger partial charge on any atom is -0.308 e. The monoisotopic (exact) mass is 402 g/mol. The summed E-state index contributed by atoms with van der Waals surface area (Å²) in [6.45, 7) is 1.85. The van der Waals surface area contributed by atoms with Gasteiger partial charge in [-0.05, 0) is 31.2 Å². The molecular weight excluding hydrogens is 387 g/mol. The van der Waals surface area contributed by atoms with E-state index in [0.29, 0.717) is 33.7 Å². The number of ketones is 1. The zero-order chi connectivity index (χ0) is 19.4. The van der Waals surface area contributed by atoms with Crippen molar-refractivity contribution in [2.24, 2.45) is 0 Å². The van der Waals surface area contributed by atoms with E-state index in [1.165, 1.54) is 6.92 Å². The number of carbonyl (C=O) groups is 2. The second-order valence-electron chi connectivity index (χ2n) is 5.81. The molecule has 6 nitrogen and oxygen atoms in total. The molecule has 0 radical (unpaired) electrons. The van der Waals surface area contributed by atoms with E-state index in [-0.39, 0.29) is 5.78 Å². The molecule has 8 heteroatoms. The van der Waals surface area contributed by atoms with E-state index in [1.54, 1.807) is 59.4 Å². The van der Waals surface area contributed by atoms with E-state index in [4.69, 9.17) is 23.2 Å². The van der Waals surface area contributed by atoms with E-state index in [9.17, 15) is 9.59 Å². The first-order valence-electron chi connectivity index (χ1n) is 8.08. The summed E-state index contributed by atoms with van der Waals surface area (Å²) >= 11 is 12.3. The number of carbonyl (C=O) groups excluding carboxylic acids is 2. The highest BCUT2D eigenvalue weighted by Gasteiger charge is 2.10. The lowest BCUT2D eigenvalue weighted by Crippen LogP contribution is -2.20. The predicted octanol–water partition coefficient (Wildman–Crippen LogP) is 5.08. The number of hydrogen-bond acceptors (Lipinski definition) is 3. The summed E-state index contributed by atoms with van der Waals surface area (Å²) in [5, 5.41) is 10.7. The third-order valence-corrected chi connectivity index (χ3v) is 4.50. The zero-order valence-corrected chi connectivity index (χ0v) is 15.9. The van der Waals surface area contributed by atoms with Crippen LogP contribution in [0.3, 0.4) is 0 Å². The molecule has 1 heterocycles. The largest absolute Gasteiger partial charge is 0.324 e. The van der Waals surface area contributed by atoms with Crippen LogP contribution in [0, 0.1) is 0 Å². The van der Waals surface area contributed by atoms with Crippen molar-refractivity contribution in [3.05, 3.63) is 75.9 Å². The summed E-state index contributed by atoms with van der Waals surface area (Å²) in [4.78, 5) is 23.6. The molecule has 1 aromatic heterocycles. The van der Waals surface area contributed by atoms with E-state index in [2.05, 4.69) is 15.7 Å². The average molecular weight is 403 g/mol. The molecule has 2 N–H and O–H groups in total. The third-order valence-electron chi connectivity index (χ3n) is 3.79. The molecule has 0 saturated carbocycles. The Labute approximate surface area is 166 Å². The summed E-state index contributed by atoms with van der Waals surface area (Å²) in [7, 11) is 0. The fourth-order valence-corrected chi connectivity index (χ4v) is 2.97. The highest BCUT2D eigenvalue weighted by atomic mass is 35.5. The topological polar surface area (TPSA) is 76.0 Å². The number of nitrogens with one attached hydrogen (secondary N) is 2. The summed E-state index contributed by atoms with van der Waals surface area (Å²) < 4.78 is 1.62. The van der Waals surface area contributed by atoms with Crippen LogP contribution in [0.25, 0.3) is 0 Å². The molecule has 3 aromatic rings. The van der Waals surface area contributed by atoms with Crippen LogP contribution < -0.4 is 10.6 Å². The molecule has 2 amide bonds. The second kappa shape index (κ2) is 8.24. The lowest BCUT2D eigenvalue weighted by molar-refractivity contribution is 0.101. The summed E-state index contributed by atoms with van der Waals surface area (Å²) in [5.41, 5.74) is 1.79. The molecule has 3 rings (SSSR count). The van der Waals surface area contributed by atoms with E-state index in [1.807, 2.05) is 0 Å². The number of benzene rings is 2. The van der Waals surface area contributed by atoms with Gasteiger partial charge in [-0.1, -0.05) is 41.4 Å². The van der Waals surface area contributed by atoms with Crippen LogP contribution in [0.1, 0.15) is 22.8 Å². The first-order chi connectivity index (χ1) is 12.9. The van der Waals surface area contributed by atoms with Crippen molar-refractivity contribution in [2.45, 2.75) is 13.5 Å². The van der Waals surface area contributed by atoms with Gasteiger partial charge in [-0.15, -0.1) is 0 Å². The molecule has 0 fully saturated rings. The Morgan fingerprint density at radius 1 is 1.04 bits per heavy atom. The maximum absolute atomic E-state index is 12.1. The molecule has 0 atom stereocenters. The fraction of sp³-hybridized carbons (Fsp3) is 0.105.